The van der Waals surface area contributed by atoms with Gasteiger partial charge in [-0.25, -0.2) is 0 Å². The Morgan fingerprint density at radius 2 is 1.84 bits per heavy atom. The third kappa shape index (κ3) is 3.40. The van der Waals surface area contributed by atoms with Gasteiger partial charge in [0.2, 0.25) is 5.91 Å². The zero-order valence-corrected chi connectivity index (χ0v) is 14.3. The molecule has 1 N–H and O–H groups in total. The van der Waals surface area contributed by atoms with Crippen LogP contribution in [0.1, 0.15) is 36.5 Å². The second-order valence-corrected chi connectivity index (χ2v) is 7.13. The molecule has 2 fully saturated rings. The van der Waals surface area contributed by atoms with Gasteiger partial charge in [-0.2, -0.15) is 0 Å². The molecule has 0 spiro atoms. The van der Waals surface area contributed by atoms with Crippen LogP contribution in [-0.4, -0.2) is 35.1 Å². The number of phenolic OH excluding ortho intramolecular Hbond substituents is 1. The van der Waals surface area contributed by atoms with Crippen LogP contribution >= 0.6 is 0 Å². The Balaban J connectivity index is 1.45. The van der Waals surface area contributed by atoms with Crippen molar-refractivity contribution in [2.24, 2.45) is 5.92 Å². The number of aromatic hydroxyl groups is 1. The second kappa shape index (κ2) is 6.52. The first kappa shape index (κ1) is 16.2. The lowest BCUT2D eigenvalue weighted by Crippen LogP contribution is -2.46. The van der Waals surface area contributed by atoms with Crippen molar-refractivity contribution in [1.82, 2.24) is 4.90 Å². The summed E-state index contributed by atoms with van der Waals surface area (Å²) >= 11 is 0. The summed E-state index contributed by atoms with van der Waals surface area (Å²) in [7, 11) is 0. The number of hydrogen-bond donors (Lipinski definition) is 1. The normalized spacial score (nSPS) is 28.6. The summed E-state index contributed by atoms with van der Waals surface area (Å²) in [6, 6.07) is 17.4. The van der Waals surface area contributed by atoms with Gasteiger partial charge in [0, 0.05) is 12.5 Å². The highest BCUT2D eigenvalue weighted by atomic mass is 16.5. The molecule has 0 unspecified atom stereocenters. The highest BCUT2D eigenvalue weighted by Crippen LogP contribution is 2.49. The van der Waals surface area contributed by atoms with Gasteiger partial charge in [-0.1, -0.05) is 42.5 Å². The molecule has 4 rings (SSSR count). The molecular weight excluding hydrogens is 314 g/mol. The molecule has 1 amide bonds. The van der Waals surface area contributed by atoms with Crippen LogP contribution in [0.5, 0.6) is 5.75 Å². The van der Waals surface area contributed by atoms with E-state index in [2.05, 4.69) is 12.1 Å². The van der Waals surface area contributed by atoms with E-state index in [0.29, 0.717) is 13.1 Å². The fourth-order valence-electron chi connectivity index (χ4n) is 3.81. The van der Waals surface area contributed by atoms with Crippen LogP contribution in [0.4, 0.5) is 0 Å². The molecule has 2 aliphatic rings. The average molecular weight is 337 g/mol. The molecule has 1 saturated carbocycles. The molecule has 0 bridgehead atoms. The molecule has 1 aliphatic carbocycles. The van der Waals surface area contributed by atoms with E-state index < -0.39 is 0 Å². The van der Waals surface area contributed by atoms with Crippen molar-refractivity contribution in [3.05, 3.63) is 65.7 Å². The predicted molar refractivity (Wildman–Crippen MR) is 95.3 cm³/mol. The molecule has 4 atom stereocenters. The summed E-state index contributed by atoms with van der Waals surface area (Å²) in [5.74, 6) is 0.737. The lowest BCUT2D eigenvalue weighted by Gasteiger charge is -2.37. The van der Waals surface area contributed by atoms with Crippen LogP contribution in [0.25, 0.3) is 0 Å². The Morgan fingerprint density at radius 1 is 1.08 bits per heavy atom. The SMILES string of the molecule is C[C@H]1CN(C(=O)[C@H]2C[C@@H]2c2cccc(O)c2)C[C@@H](c2ccccc2)O1. The molecule has 130 valence electrons. The average Bonchev–Trinajstić information content (AvgIpc) is 3.42. The number of nitrogens with zero attached hydrogens (tertiary/aromatic N) is 1. The molecule has 2 aromatic rings. The highest BCUT2D eigenvalue weighted by molar-refractivity contribution is 5.83. The lowest BCUT2D eigenvalue weighted by molar-refractivity contribution is -0.146. The number of morpholine rings is 1. The maximum absolute atomic E-state index is 13.0. The van der Waals surface area contributed by atoms with E-state index in [9.17, 15) is 9.90 Å². The van der Waals surface area contributed by atoms with Crippen LogP contribution in [0.15, 0.2) is 54.6 Å². The number of hydrogen-bond acceptors (Lipinski definition) is 3. The number of carbonyl (C=O) groups excluding carboxylic acids is 1. The Morgan fingerprint density at radius 3 is 2.60 bits per heavy atom. The number of amides is 1. The lowest BCUT2D eigenvalue weighted by atomic mass is 10.1. The van der Waals surface area contributed by atoms with Crippen LogP contribution in [-0.2, 0) is 9.53 Å². The topological polar surface area (TPSA) is 49.8 Å². The molecule has 1 aliphatic heterocycles. The quantitative estimate of drug-likeness (QED) is 0.933. The summed E-state index contributed by atoms with van der Waals surface area (Å²) < 4.78 is 6.05. The molecule has 1 saturated heterocycles. The fraction of sp³-hybridized carbons (Fsp3) is 0.381. The highest BCUT2D eigenvalue weighted by Gasteiger charge is 2.47. The van der Waals surface area contributed by atoms with Crippen LogP contribution in [0.2, 0.25) is 0 Å². The summed E-state index contributed by atoms with van der Waals surface area (Å²) in [4.78, 5) is 14.9. The van der Waals surface area contributed by atoms with Gasteiger partial charge in [0.25, 0.3) is 0 Å². The number of ether oxygens (including phenoxy) is 1. The Bertz CT molecular complexity index is 761. The van der Waals surface area contributed by atoms with Crippen LogP contribution < -0.4 is 0 Å². The van der Waals surface area contributed by atoms with Crippen molar-refractivity contribution in [3.63, 3.8) is 0 Å². The fourth-order valence-corrected chi connectivity index (χ4v) is 3.81. The smallest absolute Gasteiger partial charge is 0.226 e. The Kier molecular flexibility index (Phi) is 4.22. The maximum Gasteiger partial charge on any atom is 0.226 e. The number of phenols is 1. The van der Waals surface area contributed by atoms with Gasteiger partial charge in [0.15, 0.2) is 0 Å². The minimum Gasteiger partial charge on any atom is -0.508 e. The number of rotatable bonds is 3. The van der Waals surface area contributed by atoms with E-state index in [-0.39, 0.29) is 35.7 Å². The third-order valence-corrected chi connectivity index (χ3v) is 5.15. The van der Waals surface area contributed by atoms with E-state index in [1.165, 1.54) is 0 Å². The molecule has 2 aromatic carbocycles. The monoisotopic (exact) mass is 337 g/mol. The first-order valence-corrected chi connectivity index (χ1v) is 8.90. The Labute approximate surface area is 148 Å². The van der Waals surface area contributed by atoms with Crippen molar-refractivity contribution < 1.29 is 14.6 Å². The molecule has 4 heteroatoms. The van der Waals surface area contributed by atoms with E-state index in [1.54, 1.807) is 12.1 Å². The third-order valence-electron chi connectivity index (χ3n) is 5.15. The van der Waals surface area contributed by atoms with Gasteiger partial charge >= 0.3 is 0 Å². The summed E-state index contributed by atoms with van der Waals surface area (Å²) in [6.45, 7) is 3.27. The first-order valence-electron chi connectivity index (χ1n) is 8.90. The van der Waals surface area contributed by atoms with Gasteiger partial charge in [0.05, 0.1) is 12.6 Å². The minimum atomic E-state index is -0.0631. The predicted octanol–water partition coefficient (Wildman–Crippen LogP) is 3.48. The zero-order chi connectivity index (χ0) is 17.4. The standard InChI is InChI=1S/C21H23NO3/c1-14-12-22(13-20(25-14)15-6-3-2-4-7-15)21(24)19-11-18(19)16-8-5-9-17(23)10-16/h2-10,14,18-20,23H,11-13H2,1H3/t14-,18+,19-,20-/m0/s1. The summed E-state index contributed by atoms with van der Waals surface area (Å²) in [5, 5.41) is 9.65. The van der Waals surface area contributed by atoms with E-state index in [0.717, 1.165) is 17.5 Å². The van der Waals surface area contributed by atoms with E-state index in [1.807, 2.05) is 42.2 Å². The van der Waals surface area contributed by atoms with E-state index >= 15 is 0 Å². The minimum absolute atomic E-state index is 0.0286. The van der Waals surface area contributed by atoms with Crippen molar-refractivity contribution >= 4 is 5.91 Å². The number of benzene rings is 2. The van der Waals surface area contributed by atoms with Gasteiger partial charge in [-0.3, -0.25) is 4.79 Å². The van der Waals surface area contributed by atoms with Gasteiger partial charge in [-0.15, -0.1) is 0 Å². The summed E-state index contributed by atoms with van der Waals surface area (Å²) in [6.07, 6.45) is 0.831. The largest absolute Gasteiger partial charge is 0.508 e. The van der Waals surface area contributed by atoms with Gasteiger partial charge in [-0.05, 0) is 42.5 Å². The maximum atomic E-state index is 13.0. The summed E-state index contributed by atoms with van der Waals surface area (Å²) in [5.41, 5.74) is 2.17. The molecule has 4 nitrogen and oxygen atoms in total. The van der Waals surface area contributed by atoms with Gasteiger partial charge < -0.3 is 14.7 Å². The molecular formula is C21H23NO3. The van der Waals surface area contributed by atoms with Crippen molar-refractivity contribution in [1.29, 1.82) is 0 Å². The van der Waals surface area contributed by atoms with Crippen molar-refractivity contribution in [3.8, 4) is 5.75 Å². The second-order valence-electron chi connectivity index (χ2n) is 7.13. The van der Waals surface area contributed by atoms with Crippen LogP contribution in [0.3, 0.4) is 0 Å². The number of carbonyl (C=O) groups is 1. The van der Waals surface area contributed by atoms with Crippen LogP contribution in [0, 0.1) is 5.92 Å². The van der Waals surface area contributed by atoms with Crippen molar-refractivity contribution in [2.45, 2.75) is 31.5 Å². The molecule has 1 heterocycles. The first-order chi connectivity index (χ1) is 12.1. The molecule has 0 radical (unpaired) electrons. The van der Waals surface area contributed by atoms with Gasteiger partial charge in [0.1, 0.15) is 11.9 Å². The molecule has 25 heavy (non-hydrogen) atoms. The Hall–Kier alpha value is -2.33. The molecule has 0 aromatic heterocycles. The van der Waals surface area contributed by atoms with Crippen molar-refractivity contribution in [2.75, 3.05) is 13.1 Å². The van der Waals surface area contributed by atoms with E-state index in [4.69, 9.17) is 4.74 Å². The zero-order valence-electron chi connectivity index (χ0n) is 14.3.